The van der Waals surface area contributed by atoms with E-state index in [1.807, 2.05) is 30.3 Å². The van der Waals surface area contributed by atoms with Crippen LogP contribution in [0.4, 0.5) is 0 Å². The Labute approximate surface area is 189 Å². The van der Waals surface area contributed by atoms with Gasteiger partial charge in [-0.05, 0) is 42.0 Å². The van der Waals surface area contributed by atoms with Gasteiger partial charge in [0.1, 0.15) is 11.6 Å². The molecule has 7 heteroatoms. The first-order valence-corrected chi connectivity index (χ1v) is 11.2. The lowest BCUT2D eigenvalue weighted by molar-refractivity contribution is 0.0600. The maximum absolute atomic E-state index is 11.7. The second-order valence-corrected chi connectivity index (χ2v) is 8.75. The number of phenols is 1. The molecule has 1 aliphatic heterocycles. The Balaban J connectivity index is 1.40. The molecule has 2 heterocycles. The number of hydrogen-bond donors (Lipinski definition) is 1. The normalized spacial score (nSPS) is 13.9. The average molecular weight is 447 g/mol. The highest BCUT2D eigenvalue weighted by Crippen LogP contribution is 2.39. The first-order valence-electron chi connectivity index (χ1n) is 10.3. The predicted octanol–water partition coefficient (Wildman–Crippen LogP) is 4.85. The van der Waals surface area contributed by atoms with Gasteiger partial charge in [-0.1, -0.05) is 24.3 Å². The molecule has 0 atom stereocenters. The number of phenolic OH excluding ortho intramolecular Hbond substituents is 1. The summed E-state index contributed by atoms with van der Waals surface area (Å²) in [5.74, 6) is 0.339. The van der Waals surface area contributed by atoms with Crippen LogP contribution in [0, 0.1) is 0 Å². The second kappa shape index (κ2) is 8.61. The van der Waals surface area contributed by atoms with Gasteiger partial charge in [-0.15, -0.1) is 11.3 Å². The van der Waals surface area contributed by atoms with Crippen molar-refractivity contribution in [1.82, 2.24) is 9.88 Å². The summed E-state index contributed by atoms with van der Waals surface area (Å²) in [4.78, 5) is 18.7. The molecular weight excluding hydrogens is 424 g/mol. The Bertz CT molecular complexity index is 1250. The SMILES string of the molecule is COC(=O)c1ccc(CN2CCOc3c(O)cc(-c4nc5ccccc5s4)cc3C2)cc1. The molecule has 0 spiro atoms. The Morgan fingerprint density at radius 2 is 2.00 bits per heavy atom. The number of carbonyl (C=O) groups is 1. The van der Waals surface area contributed by atoms with Crippen LogP contribution in [0.25, 0.3) is 20.8 Å². The molecule has 5 rings (SSSR count). The standard InChI is InChI=1S/C25H22N2O4S/c1-30-25(29)17-8-6-16(7-9-17)14-27-10-11-31-23-19(15-27)12-18(13-21(23)28)24-26-20-4-2-3-5-22(20)32-24/h2-9,12-13,28H,10-11,14-15H2,1H3. The third kappa shape index (κ3) is 4.04. The zero-order valence-electron chi connectivity index (χ0n) is 17.6. The fourth-order valence-corrected chi connectivity index (χ4v) is 4.88. The van der Waals surface area contributed by atoms with Gasteiger partial charge in [0.05, 0.1) is 22.9 Å². The lowest BCUT2D eigenvalue weighted by Gasteiger charge is -2.19. The largest absolute Gasteiger partial charge is 0.504 e. The molecule has 0 saturated heterocycles. The Hall–Kier alpha value is -3.42. The van der Waals surface area contributed by atoms with Crippen molar-refractivity contribution in [3.8, 4) is 22.1 Å². The van der Waals surface area contributed by atoms with E-state index in [1.165, 1.54) is 7.11 Å². The van der Waals surface area contributed by atoms with Crippen LogP contribution in [-0.4, -0.2) is 41.2 Å². The summed E-state index contributed by atoms with van der Waals surface area (Å²) in [6.45, 7) is 2.56. The van der Waals surface area contributed by atoms with Crippen molar-refractivity contribution in [2.75, 3.05) is 20.3 Å². The number of methoxy groups -OCH3 is 1. The fraction of sp³-hybridized carbons (Fsp3) is 0.200. The van der Waals surface area contributed by atoms with Crippen molar-refractivity contribution in [1.29, 1.82) is 0 Å². The van der Waals surface area contributed by atoms with Crippen LogP contribution < -0.4 is 4.74 Å². The van der Waals surface area contributed by atoms with Crippen molar-refractivity contribution in [2.24, 2.45) is 0 Å². The monoisotopic (exact) mass is 446 g/mol. The lowest BCUT2D eigenvalue weighted by Crippen LogP contribution is -2.25. The third-order valence-corrected chi connectivity index (χ3v) is 6.60. The maximum Gasteiger partial charge on any atom is 0.337 e. The number of aromatic hydroxyl groups is 1. The van der Waals surface area contributed by atoms with Gasteiger partial charge in [-0.3, -0.25) is 4.90 Å². The minimum atomic E-state index is -0.341. The van der Waals surface area contributed by atoms with E-state index < -0.39 is 0 Å². The number of nitrogens with zero attached hydrogens (tertiary/aromatic N) is 2. The molecule has 4 aromatic rings. The Morgan fingerprint density at radius 1 is 1.19 bits per heavy atom. The van der Waals surface area contributed by atoms with Crippen LogP contribution in [-0.2, 0) is 17.8 Å². The van der Waals surface area contributed by atoms with Gasteiger partial charge in [-0.25, -0.2) is 9.78 Å². The third-order valence-electron chi connectivity index (χ3n) is 5.52. The van der Waals surface area contributed by atoms with Crippen molar-refractivity contribution in [3.05, 3.63) is 77.4 Å². The van der Waals surface area contributed by atoms with Gasteiger partial charge in [0, 0.05) is 30.8 Å². The van der Waals surface area contributed by atoms with Crippen LogP contribution in [0.5, 0.6) is 11.5 Å². The van der Waals surface area contributed by atoms with Crippen LogP contribution >= 0.6 is 11.3 Å². The Morgan fingerprint density at radius 3 is 2.78 bits per heavy atom. The van der Waals surface area contributed by atoms with Gasteiger partial charge in [0.2, 0.25) is 0 Å². The smallest absolute Gasteiger partial charge is 0.337 e. The number of fused-ring (bicyclic) bond motifs is 2. The minimum Gasteiger partial charge on any atom is -0.504 e. The number of para-hydroxylation sites is 1. The molecule has 32 heavy (non-hydrogen) atoms. The summed E-state index contributed by atoms with van der Waals surface area (Å²) < 4.78 is 11.8. The molecule has 0 bridgehead atoms. The fourth-order valence-electron chi connectivity index (χ4n) is 3.93. The number of ether oxygens (including phenoxy) is 2. The van der Waals surface area contributed by atoms with E-state index >= 15 is 0 Å². The number of carbonyl (C=O) groups excluding carboxylic acids is 1. The van der Waals surface area contributed by atoms with E-state index in [4.69, 9.17) is 14.5 Å². The van der Waals surface area contributed by atoms with Gasteiger partial charge >= 0.3 is 5.97 Å². The molecule has 0 amide bonds. The Kier molecular flexibility index (Phi) is 5.51. The summed E-state index contributed by atoms with van der Waals surface area (Å²) in [7, 11) is 1.38. The quantitative estimate of drug-likeness (QED) is 0.452. The molecule has 0 radical (unpaired) electrons. The molecule has 1 N–H and O–H groups in total. The van der Waals surface area contributed by atoms with E-state index in [1.54, 1.807) is 29.5 Å². The number of hydrogen-bond acceptors (Lipinski definition) is 7. The van der Waals surface area contributed by atoms with Crippen LogP contribution in [0.1, 0.15) is 21.5 Å². The van der Waals surface area contributed by atoms with E-state index in [0.717, 1.165) is 38.5 Å². The molecule has 0 unspecified atom stereocenters. The van der Waals surface area contributed by atoms with E-state index in [-0.39, 0.29) is 11.7 Å². The van der Waals surface area contributed by atoms with E-state index in [2.05, 4.69) is 17.0 Å². The van der Waals surface area contributed by atoms with Gasteiger partial charge in [0.15, 0.2) is 11.5 Å². The molecule has 0 fully saturated rings. The van der Waals surface area contributed by atoms with E-state index in [0.29, 0.717) is 31.0 Å². The second-order valence-electron chi connectivity index (χ2n) is 7.72. The van der Waals surface area contributed by atoms with Crippen LogP contribution in [0.2, 0.25) is 0 Å². The molecule has 0 aliphatic carbocycles. The highest BCUT2D eigenvalue weighted by molar-refractivity contribution is 7.21. The van der Waals surface area contributed by atoms with Crippen molar-refractivity contribution in [2.45, 2.75) is 13.1 Å². The first-order chi connectivity index (χ1) is 15.6. The summed E-state index contributed by atoms with van der Waals surface area (Å²) in [5, 5.41) is 11.5. The maximum atomic E-state index is 11.7. The summed E-state index contributed by atoms with van der Waals surface area (Å²) in [6.07, 6.45) is 0. The van der Waals surface area contributed by atoms with Gasteiger partial charge in [0.25, 0.3) is 0 Å². The average Bonchev–Trinajstić information content (AvgIpc) is 3.14. The number of esters is 1. The van der Waals surface area contributed by atoms with Crippen LogP contribution in [0.3, 0.4) is 0 Å². The number of benzene rings is 3. The molecule has 6 nitrogen and oxygen atoms in total. The highest BCUT2D eigenvalue weighted by Gasteiger charge is 2.21. The lowest BCUT2D eigenvalue weighted by atomic mass is 10.1. The van der Waals surface area contributed by atoms with Crippen molar-refractivity contribution < 1.29 is 19.4 Å². The molecular formula is C25H22N2O4S. The number of thiazole rings is 1. The van der Waals surface area contributed by atoms with Gasteiger partial charge < -0.3 is 14.6 Å². The highest BCUT2D eigenvalue weighted by atomic mass is 32.1. The molecule has 0 saturated carbocycles. The van der Waals surface area contributed by atoms with Crippen molar-refractivity contribution in [3.63, 3.8) is 0 Å². The topological polar surface area (TPSA) is 71.9 Å². The molecule has 1 aliphatic rings. The number of aromatic nitrogens is 1. The van der Waals surface area contributed by atoms with Crippen molar-refractivity contribution >= 4 is 27.5 Å². The predicted molar refractivity (Wildman–Crippen MR) is 124 cm³/mol. The summed E-state index contributed by atoms with van der Waals surface area (Å²) in [6, 6.07) is 19.3. The van der Waals surface area contributed by atoms with Gasteiger partial charge in [-0.2, -0.15) is 0 Å². The summed E-state index contributed by atoms with van der Waals surface area (Å²) >= 11 is 1.61. The van der Waals surface area contributed by atoms with Crippen LogP contribution in [0.15, 0.2) is 60.7 Å². The molecule has 3 aromatic carbocycles. The zero-order chi connectivity index (χ0) is 22.1. The summed E-state index contributed by atoms with van der Waals surface area (Å²) in [5.41, 5.74) is 4.40. The minimum absolute atomic E-state index is 0.140. The van der Waals surface area contributed by atoms with E-state index in [9.17, 15) is 9.90 Å². The number of rotatable bonds is 4. The molecule has 162 valence electrons. The zero-order valence-corrected chi connectivity index (χ0v) is 18.4. The first kappa shape index (κ1) is 20.5. The molecule has 1 aromatic heterocycles.